The fourth-order valence-corrected chi connectivity index (χ4v) is 2.87. The smallest absolute Gasteiger partial charge is 0.251 e. The number of hydrogen-bond acceptors (Lipinski definition) is 4. The first kappa shape index (κ1) is 22.7. The van der Waals surface area contributed by atoms with Gasteiger partial charge in [-0.25, -0.2) is 0 Å². The average molecular weight is 412 g/mol. The molecule has 160 valence electrons. The summed E-state index contributed by atoms with van der Waals surface area (Å²) in [5, 5.41) is 9.00. The first-order valence-corrected chi connectivity index (χ1v) is 9.66. The number of nitrogens with two attached hydrogens (primary N) is 1. The Morgan fingerprint density at radius 2 is 1.80 bits per heavy atom. The third kappa shape index (κ3) is 7.12. The van der Waals surface area contributed by atoms with Crippen LogP contribution in [0.4, 0.5) is 0 Å². The van der Waals surface area contributed by atoms with Gasteiger partial charge < -0.3 is 26.4 Å². The first-order valence-electron chi connectivity index (χ1n) is 9.66. The number of carbonyl (C=O) groups excluding carboxylic acids is 2. The highest BCUT2D eigenvalue weighted by molar-refractivity contribution is 5.96. The number of rotatable bonds is 9. The standard InChI is InChI=1S/C22H29N5O3/c1-15-4-9-19(30-3)18(12-15)10-11-25-22(24-2)27-13-16-5-7-17(8-6-16)21(29)26-14-20(23)28/h4-9,12H,10-11,13-14H2,1-3H3,(H2,23,28)(H,26,29)(H2,24,25,27). The summed E-state index contributed by atoms with van der Waals surface area (Å²) in [6.45, 7) is 3.14. The summed E-state index contributed by atoms with van der Waals surface area (Å²) < 4.78 is 5.42. The van der Waals surface area contributed by atoms with Crippen molar-refractivity contribution in [2.45, 2.75) is 19.9 Å². The number of ether oxygens (including phenoxy) is 1. The Morgan fingerprint density at radius 1 is 1.07 bits per heavy atom. The van der Waals surface area contributed by atoms with Crippen LogP contribution in [0.2, 0.25) is 0 Å². The van der Waals surface area contributed by atoms with E-state index in [1.165, 1.54) is 5.56 Å². The van der Waals surface area contributed by atoms with E-state index in [0.717, 1.165) is 23.3 Å². The van der Waals surface area contributed by atoms with Crippen LogP contribution in [0.15, 0.2) is 47.5 Å². The Balaban J connectivity index is 1.82. The van der Waals surface area contributed by atoms with Crippen molar-refractivity contribution < 1.29 is 14.3 Å². The molecule has 0 saturated carbocycles. The van der Waals surface area contributed by atoms with E-state index < -0.39 is 5.91 Å². The van der Waals surface area contributed by atoms with Gasteiger partial charge in [0.15, 0.2) is 5.96 Å². The number of primary amides is 1. The van der Waals surface area contributed by atoms with E-state index in [-0.39, 0.29) is 12.5 Å². The minimum atomic E-state index is -0.580. The highest BCUT2D eigenvalue weighted by atomic mass is 16.5. The molecule has 2 aromatic carbocycles. The van der Waals surface area contributed by atoms with Crippen LogP contribution in [0.5, 0.6) is 5.75 Å². The number of aryl methyl sites for hydroxylation is 1. The summed E-state index contributed by atoms with van der Waals surface area (Å²) in [7, 11) is 3.39. The molecule has 0 heterocycles. The Morgan fingerprint density at radius 3 is 2.43 bits per heavy atom. The summed E-state index contributed by atoms with van der Waals surface area (Å²) in [6.07, 6.45) is 0.806. The molecule has 0 spiro atoms. The van der Waals surface area contributed by atoms with Gasteiger partial charge >= 0.3 is 0 Å². The summed E-state index contributed by atoms with van der Waals surface area (Å²) >= 11 is 0. The van der Waals surface area contributed by atoms with Crippen molar-refractivity contribution >= 4 is 17.8 Å². The van der Waals surface area contributed by atoms with Gasteiger partial charge in [0.25, 0.3) is 5.91 Å². The largest absolute Gasteiger partial charge is 0.496 e. The van der Waals surface area contributed by atoms with Gasteiger partial charge in [0, 0.05) is 25.7 Å². The van der Waals surface area contributed by atoms with Crippen LogP contribution in [-0.4, -0.2) is 45.0 Å². The summed E-state index contributed by atoms with van der Waals surface area (Å²) in [4.78, 5) is 26.9. The number of hydrogen-bond donors (Lipinski definition) is 4. The molecule has 30 heavy (non-hydrogen) atoms. The van der Waals surface area contributed by atoms with E-state index in [2.05, 4.69) is 33.9 Å². The van der Waals surface area contributed by atoms with E-state index in [1.54, 1.807) is 26.3 Å². The predicted octanol–water partition coefficient (Wildman–Crippen LogP) is 1.13. The molecule has 0 aliphatic rings. The lowest BCUT2D eigenvalue weighted by molar-refractivity contribution is -0.117. The van der Waals surface area contributed by atoms with E-state index in [9.17, 15) is 9.59 Å². The second kappa shape index (κ2) is 11.5. The van der Waals surface area contributed by atoms with Crippen LogP contribution in [0.1, 0.15) is 27.0 Å². The van der Waals surface area contributed by atoms with Crippen LogP contribution in [0.25, 0.3) is 0 Å². The average Bonchev–Trinajstić information content (AvgIpc) is 2.75. The fourth-order valence-electron chi connectivity index (χ4n) is 2.87. The maximum absolute atomic E-state index is 11.9. The molecule has 2 amide bonds. The van der Waals surface area contributed by atoms with Crippen LogP contribution < -0.4 is 26.4 Å². The summed E-state index contributed by atoms with van der Waals surface area (Å²) in [5.41, 5.74) is 8.82. The van der Waals surface area contributed by atoms with Gasteiger partial charge in [0.1, 0.15) is 5.75 Å². The molecule has 0 aliphatic heterocycles. The van der Waals surface area contributed by atoms with Crippen molar-refractivity contribution in [3.8, 4) is 5.75 Å². The molecule has 8 nitrogen and oxygen atoms in total. The van der Waals surface area contributed by atoms with E-state index in [0.29, 0.717) is 24.6 Å². The van der Waals surface area contributed by atoms with Gasteiger partial charge in [-0.05, 0) is 42.7 Å². The monoisotopic (exact) mass is 411 g/mol. The number of methoxy groups -OCH3 is 1. The van der Waals surface area contributed by atoms with Crippen molar-refractivity contribution in [1.29, 1.82) is 0 Å². The van der Waals surface area contributed by atoms with Gasteiger partial charge in [-0.15, -0.1) is 0 Å². The zero-order valence-electron chi connectivity index (χ0n) is 17.6. The van der Waals surface area contributed by atoms with Crippen molar-refractivity contribution in [1.82, 2.24) is 16.0 Å². The molecule has 0 aliphatic carbocycles. The Hall–Kier alpha value is -3.55. The van der Waals surface area contributed by atoms with Crippen LogP contribution in [-0.2, 0) is 17.8 Å². The van der Waals surface area contributed by atoms with Gasteiger partial charge in [-0.1, -0.05) is 29.8 Å². The number of benzene rings is 2. The van der Waals surface area contributed by atoms with Crippen molar-refractivity contribution in [3.63, 3.8) is 0 Å². The lowest BCUT2D eigenvalue weighted by atomic mass is 10.1. The molecular formula is C22H29N5O3. The third-order valence-electron chi connectivity index (χ3n) is 4.45. The fraction of sp³-hybridized carbons (Fsp3) is 0.318. The van der Waals surface area contributed by atoms with E-state index >= 15 is 0 Å². The molecule has 2 rings (SSSR count). The maximum atomic E-state index is 11.9. The van der Waals surface area contributed by atoms with Crippen molar-refractivity contribution in [3.05, 3.63) is 64.7 Å². The molecule has 0 radical (unpaired) electrons. The maximum Gasteiger partial charge on any atom is 0.251 e. The molecule has 2 aromatic rings. The number of nitrogens with one attached hydrogen (secondary N) is 3. The molecule has 0 unspecified atom stereocenters. The Kier molecular flexibility index (Phi) is 8.68. The second-order valence-corrected chi connectivity index (χ2v) is 6.76. The minimum absolute atomic E-state index is 0.182. The van der Waals surface area contributed by atoms with Crippen LogP contribution >= 0.6 is 0 Å². The zero-order valence-corrected chi connectivity index (χ0v) is 17.6. The topological polar surface area (TPSA) is 118 Å². The first-order chi connectivity index (χ1) is 14.4. The number of guanidine groups is 1. The Labute approximate surface area is 176 Å². The van der Waals surface area contributed by atoms with Crippen LogP contribution in [0, 0.1) is 6.92 Å². The quantitative estimate of drug-likeness (QED) is 0.364. The molecule has 0 aromatic heterocycles. The lowest BCUT2D eigenvalue weighted by Gasteiger charge is -2.14. The number of nitrogens with zero attached hydrogens (tertiary/aromatic N) is 1. The summed E-state index contributed by atoms with van der Waals surface area (Å²) in [5.74, 6) is 0.649. The van der Waals surface area contributed by atoms with E-state index in [1.807, 2.05) is 24.3 Å². The molecular weight excluding hydrogens is 382 g/mol. The number of carbonyl (C=O) groups is 2. The molecule has 8 heteroatoms. The molecule has 5 N–H and O–H groups in total. The molecule has 0 atom stereocenters. The van der Waals surface area contributed by atoms with Gasteiger partial charge in [0.2, 0.25) is 5.91 Å². The highest BCUT2D eigenvalue weighted by Crippen LogP contribution is 2.19. The highest BCUT2D eigenvalue weighted by Gasteiger charge is 2.07. The third-order valence-corrected chi connectivity index (χ3v) is 4.45. The van der Waals surface area contributed by atoms with Crippen molar-refractivity contribution in [2.24, 2.45) is 10.7 Å². The van der Waals surface area contributed by atoms with Crippen molar-refractivity contribution in [2.75, 3.05) is 27.2 Å². The number of aliphatic imine (C=N–C) groups is 1. The molecule has 0 bridgehead atoms. The van der Waals surface area contributed by atoms with Crippen LogP contribution in [0.3, 0.4) is 0 Å². The second-order valence-electron chi connectivity index (χ2n) is 6.76. The lowest BCUT2D eigenvalue weighted by Crippen LogP contribution is -2.37. The molecule has 0 fully saturated rings. The SMILES string of the molecule is CN=C(NCCc1cc(C)ccc1OC)NCc1ccc(C(=O)NCC(N)=O)cc1. The van der Waals surface area contributed by atoms with E-state index in [4.69, 9.17) is 10.5 Å². The van der Waals surface area contributed by atoms with Gasteiger partial charge in [-0.2, -0.15) is 0 Å². The molecule has 0 saturated heterocycles. The Bertz CT molecular complexity index is 894. The predicted molar refractivity (Wildman–Crippen MR) is 118 cm³/mol. The summed E-state index contributed by atoms with van der Waals surface area (Å²) in [6, 6.07) is 13.2. The van der Waals surface area contributed by atoms with Gasteiger partial charge in [0.05, 0.1) is 13.7 Å². The zero-order chi connectivity index (χ0) is 21.9. The minimum Gasteiger partial charge on any atom is -0.496 e. The van der Waals surface area contributed by atoms with Gasteiger partial charge in [-0.3, -0.25) is 14.6 Å². The normalized spacial score (nSPS) is 11.0. The number of amides is 2.